The largest absolute Gasteiger partial charge is 0.349 e. The van der Waals surface area contributed by atoms with Crippen LogP contribution in [0.4, 0.5) is 0 Å². The quantitative estimate of drug-likeness (QED) is 0.824. The molecule has 6 nitrogen and oxygen atoms in total. The number of nitrogens with one attached hydrogen (secondary N) is 1. The molecule has 1 aliphatic rings. The molecule has 1 fully saturated rings. The molecule has 1 aromatic rings. The summed E-state index contributed by atoms with van der Waals surface area (Å²) in [7, 11) is -1.18. The van der Waals surface area contributed by atoms with Gasteiger partial charge < -0.3 is 5.32 Å². The van der Waals surface area contributed by atoms with Crippen LogP contribution in [-0.2, 0) is 14.9 Å². The Kier molecular flexibility index (Phi) is 6.01. The van der Waals surface area contributed by atoms with Crippen molar-refractivity contribution < 1.29 is 18.0 Å². The van der Waals surface area contributed by atoms with Crippen LogP contribution in [0.2, 0.25) is 0 Å². The topological polar surface area (TPSA) is 75.7 Å². The molecule has 24 heavy (non-hydrogen) atoms. The Bertz CT molecular complexity index is 690. The van der Waals surface area contributed by atoms with Crippen molar-refractivity contribution >= 4 is 15.9 Å². The van der Waals surface area contributed by atoms with Crippen molar-refractivity contribution in [2.24, 2.45) is 11.8 Å². The lowest BCUT2D eigenvalue weighted by Crippen LogP contribution is -2.43. The molecule has 0 radical (unpaired) electrons. The second-order valence-electron chi connectivity index (χ2n) is 6.47. The van der Waals surface area contributed by atoms with Gasteiger partial charge in [-0.05, 0) is 36.5 Å². The SMILES string of the molecule is CON(C)S(=O)(=O)c1cccc(C(=O)N[C@@H]2CCC[C@H](C)[C@H]2C)c1. The maximum atomic E-state index is 12.5. The van der Waals surface area contributed by atoms with Crippen LogP contribution < -0.4 is 5.32 Å². The molecule has 1 aliphatic carbocycles. The van der Waals surface area contributed by atoms with Crippen LogP contribution in [0, 0.1) is 11.8 Å². The minimum Gasteiger partial charge on any atom is -0.349 e. The van der Waals surface area contributed by atoms with E-state index in [0.717, 1.165) is 17.3 Å². The third-order valence-electron chi connectivity index (χ3n) is 5.01. The van der Waals surface area contributed by atoms with Gasteiger partial charge in [0.25, 0.3) is 15.9 Å². The summed E-state index contributed by atoms with van der Waals surface area (Å²) in [6.07, 6.45) is 3.25. The zero-order valence-corrected chi connectivity index (χ0v) is 15.5. The first-order chi connectivity index (χ1) is 11.3. The second-order valence-corrected chi connectivity index (χ2v) is 8.41. The van der Waals surface area contributed by atoms with Gasteiger partial charge in [0.1, 0.15) is 0 Å². The Balaban J connectivity index is 2.18. The Hall–Kier alpha value is -1.44. The highest BCUT2D eigenvalue weighted by molar-refractivity contribution is 7.89. The van der Waals surface area contributed by atoms with Gasteiger partial charge in [-0.2, -0.15) is 0 Å². The Morgan fingerprint density at radius 1 is 1.29 bits per heavy atom. The molecule has 134 valence electrons. The summed E-state index contributed by atoms with van der Waals surface area (Å²) in [6, 6.07) is 6.16. The average molecular weight is 354 g/mol. The number of hydroxylamine groups is 1. The third kappa shape index (κ3) is 3.96. The first kappa shape index (κ1) is 18.9. The first-order valence-electron chi connectivity index (χ1n) is 8.21. The fourth-order valence-corrected chi connectivity index (χ4v) is 4.10. The molecule has 0 saturated heterocycles. The summed E-state index contributed by atoms with van der Waals surface area (Å²) < 4.78 is 25.4. The van der Waals surface area contributed by atoms with Crippen molar-refractivity contribution in [2.45, 2.75) is 44.0 Å². The van der Waals surface area contributed by atoms with Crippen molar-refractivity contribution in [3.63, 3.8) is 0 Å². The minimum absolute atomic E-state index is 0.0320. The molecule has 0 spiro atoms. The Morgan fingerprint density at radius 2 is 2.00 bits per heavy atom. The van der Waals surface area contributed by atoms with E-state index in [2.05, 4.69) is 19.2 Å². The van der Waals surface area contributed by atoms with Crippen LogP contribution in [0.1, 0.15) is 43.5 Å². The molecule has 0 bridgehead atoms. The van der Waals surface area contributed by atoms with E-state index < -0.39 is 10.0 Å². The highest BCUT2D eigenvalue weighted by Crippen LogP contribution is 2.29. The van der Waals surface area contributed by atoms with Crippen molar-refractivity contribution in [1.29, 1.82) is 0 Å². The highest BCUT2D eigenvalue weighted by atomic mass is 32.2. The summed E-state index contributed by atoms with van der Waals surface area (Å²) in [6.45, 7) is 4.36. The lowest BCUT2D eigenvalue weighted by atomic mass is 9.78. The van der Waals surface area contributed by atoms with Crippen molar-refractivity contribution in [3.8, 4) is 0 Å². The molecule has 3 atom stereocenters. The molecule has 0 unspecified atom stereocenters. The van der Waals surface area contributed by atoms with Crippen LogP contribution >= 0.6 is 0 Å². The Morgan fingerprint density at radius 3 is 2.67 bits per heavy atom. The van der Waals surface area contributed by atoms with Gasteiger partial charge in [-0.3, -0.25) is 9.63 Å². The van der Waals surface area contributed by atoms with Gasteiger partial charge in [0, 0.05) is 18.7 Å². The maximum absolute atomic E-state index is 12.5. The molecule has 1 N–H and O–H groups in total. The van der Waals surface area contributed by atoms with E-state index in [9.17, 15) is 13.2 Å². The predicted octanol–water partition coefficient (Wildman–Crippen LogP) is 2.42. The monoisotopic (exact) mass is 354 g/mol. The second kappa shape index (κ2) is 7.63. The number of hydrogen-bond donors (Lipinski definition) is 1. The van der Waals surface area contributed by atoms with Crippen LogP contribution in [-0.4, -0.2) is 39.0 Å². The zero-order chi connectivity index (χ0) is 17.9. The highest BCUT2D eigenvalue weighted by Gasteiger charge is 2.29. The molecule has 0 aromatic heterocycles. The molecule has 2 rings (SSSR count). The minimum atomic E-state index is -3.77. The smallest absolute Gasteiger partial charge is 0.264 e. The molecule has 1 aromatic carbocycles. The zero-order valence-electron chi connectivity index (χ0n) is 14.7. The molecule has 1 saturated carbocycles. The van der Waals surface area contributed by atoms with Crippen LogP contribution in [0.3, 0.4) is 0 Å². The van der Waals surface area contributed by atoms with E-state index in [1.54, 1.807) is 12.1 Å². The molecular weight excluding hydrogens is 328 g/mol. The van der Waals surface area contributed by atoms with Crippen LogP contribution in [0.25, 0.3) is 0 Å². The number of carbonyl (C=O) groups excluding carboxylic acids is 1. The number of rotatable bonds is 5. The lowest BCUT2D eigenvalue weighted by Gasteiger charge is -2.34. The summed E-state index contributed by atoms with van der Waals surface area (Å²) in [5, 5.41) is 3.06. The normalized spacial score (nSPS) is 24.8. The number of nitrogens with zero attached hydrogens (tertiary/aromatic N) is 1. The molecule has 0 aliphatic heterocycles. The molecule has 7 heteroatoms. The molecule has 0 heterocycles. The average Bonchev–Trinajstić information content (AvgIpc) is 2.58. The fourth-order valence-electron chi connectivity index (χ4n) is 3.08. The third-order valence-corrected chi connectivity index (χ3v) is 6.69. The van der Waals surface area contributed by atoms with Gasteiger partial charge in [-0.1, -0.05) is 37.2 Å². The van der Waals surface area contributed by atoms with Crippen molar-refractivity contribution in [1.82, 2.24) is 9.79 Å². The maximum Gasteiger partial charge on any atom is 0.264 e. The molecular formula is C17H26N2O4S. The lowest BCUT2D eigenvalue weighted by molar-refractivity contribution is -0.0258. The summed E-state index contributed by atoms with van der Waals surface area (Å²) in [5.41, 5.74) is 0.339. The van der Waals surface area contributed by atoms with E-state index >= 15 is 0 Å². The number of hydrogen-bond acceptors (Lipinski definition) is 4. The summed E-state index contributed by atoms with van der Waals surface area (Å²) in [4.78, 5) is 17.3. The van der Waals surface area contributed by atoms with Gasteiger partial charge in [-0.15, -0.1) is 0 Å². The van der Waals surface area contributed by atoms with Crippen molar-refractivity contribution in [2.75, 3.05) is 14.2 Å². The van der Waals surface area contributed by atoms with Gasteiger partial charge in [-0.25, -0.2) is 8.42 Å². The summed E-state index contributed by atoms with van der Waals surface area (Å²) in [5.74, 6) is 0.749. The first-order valence-corrected chi connectivity index (χ1v) is 9.65. The van der Waals surface area contributed by atoms with E-state index in [4.69, 9.17) is 4.84 Å². The predicted molar refractivity (Wildman–Crippen MR) is 91.8 cm³/mol. The van der Waals surface area contributed by atoms with E-state index in [1.807, 2.05) is 0 Å². The fraction of sp³-hybridized carbons (Fsp3) is 0.588. The van der Waals surface area contributed by atoms with Gasteiger partial charge in [0.05, 0.1) is 12.0 Å². The van der Waals surface area contributed by atoms with E-state index in [1.165, 1.54) is 32.7 Å². The standard InChI is InChI=1S/C17H26N2O4S/c1-12-7-5-10-16(13(12)2)18-17(20)14-8-6-9-15(11-14)24(21,22)19(3)23-4/h6,8-9,11-13,16H,5,7,10H2,1-4H3,(H,18,20)/t12-,13+,16+/m0/s1. The number of sulfonamides is 1. The van der Waals surface area contributed by atoms with Crippen LogP contribution in [0.5, 0.6) is 0 Å². The molecule has 1 amide bonds. The van der Waals surface area contributed by atoms with Crippen molar-refractivity contribution in [3.05, 3.63) is 29.8 Å². The number of benzene rings is 1. The van der Waals surface area contributed by atoms with Gasteiger partial charge >= 0.3 is 0 Å². The van der Waals surface area contributed by atoms with Gasteiger partial charge in [0.15, 0.2) is 0 Å². The Labute approximate surface area is 144 Å². The van der Waals surface area contributed by atoms with E-state index in [0.29, 0.717) is 17.4 Å². The van der Waals surface area contributed by atoms with Crippen LogP contribution in [0.15, 0.2) is 29.2 Å². The number of carbonyl (C=O) groups is 1. The van der Waals surface area contributed by atoms with Gasteiger partial charge in [0.2, 0.25) is 0 Å². The van der Waals surface area contributed by atoms with E-state index in [-0.39, 0.29) is 16.8 Å². The number of amides is 1. The summed E-state index contributed by atoms with van der Waals surface area (Å²) >= 11 is 0.